The van der Waals surface area contributed by atoms with Gasteiger partial charge in [0.1, 0.15) is 0 Å². The fourth-order valence-corrected chi connectivity index (χ4v) is 2.49. The van der Waals surface area contributed by atoms with E-state index in [0.717, 1.165) is 12.8 Å². The Bertz CT molecular complexity index is 478. The number of carboxylic acids is 1. The molecule has 0 aliphatic heterocycles. The molecule has 1 fully saturated rings. The lowest BCUT2D eigenvalue weighted by Gasteiger charge is -2.21. The normalized spacial score (nSPS) is 15.6. The number of carbonyl (C=O) groups is 2. The third kappa shape index (κ3) is 4.86. The number of ether oxygens (including phenoxy) is 1. The maximum absolute atomic E-state index is 11.9. The molecule has 0 saturated heterocycles. The van der Waals surface area contributed by atoms with Gasteiger partial charge in [-0.3, -0.25) is 4.79 Å². The van der Waals surface area contributed by atoms with Gasteiger partial charge in [0.05, 0.1) is 18.3 Å². The number of amides is 1. The number of rotatable bonds is 6. The topological polar surface area (TPSA) is 75.6 Å². The van der Waals surface area contributed by atoms with Crippen LogP contribution in [0.3, 0.4) is 0 Å². The first-order chi connectivity index (χ1) is 10.2. The van der Waals surface area contributed by atoms with Crippen molar-refractivity contribution in [3.8, 4) is 0 Å². The van der Waals surface area contributed by atoms with Gasteiger partial charge < -0.3 is 15.2 Å². The van der Waals surface area contributed by atoms with E-state index in [9.17, 15) is 9.59 Å². The summed E-state index contributed by atoms with van der Waals surface area (Å²) in [6.45, 7) is 0.986. The van der Waals surface area contributed by atoms with Crippen LogP contribution in [0.25, 0.3) is 0 Å². The Kier molecular flexibility index (Phi) is 5.75. The average molecular weight is 291 g/mol. The Hall–Kier alpha value is -1.88. The molecule has 2 rings (SSSR count). The number of carbonyl (C=O) groups excluding carboxylic acids is 1. The Morgan fingerprint density at radius 2 is 1.71 bits per heavy atom. The minimum absolute atomic E-state index is 0.173. The Balaban J connectivity index is 1.70. The Morgan fingerprint density at radius 3 is 2.33 bits per heavy atom. The number of hydrogen-bond donors (Lipinski definition) is 2. The number of nitrogens with one attached hydrogen (secondary N) is 1. The molecule has 5 nitrogen and oxygen atoms in total. The van der Waals surface area contributed by atoms with Crippen LogP contribution in [0.5, 0.6) is 0 Å². The lowest BCUT2D eigenvalue weighted by atomic mass is 9.98. The summed E-state index contributed by atoms with van der Waals surface area (Å²) in [5.41, 5.74) is 0.629. The highest BCUT2D eigenvalue weighted by atomic mass is 16.5. The van der Waals surface area contributed by atoms with Gasteiger partial charge in [0.25, 0.3) is 5.91 Å². The lowest BCUT2D eigenvalue weighted by molar-refractivity contribution is 0.0299. The van der Waals surface area contributed by atoms with E-state index in [1.54, 1.807) is 0 Å². The van der Waals surface area contributed by atoms with Gasteiger partial charge in [0.15, 0.2) is 0 Å². The van der Waals surface area contributed by atoms with Crippen LogP contribution >= 0.6 is 0 Å². The molecule has 1 saturated carbocycles. The van der Waals surface area contributed by atoms with Crippen LogP contribution in [0.2, 0.25) is 0 Å². The van der Waals surface area contributed by atoms with E-state index in [-0.39, 0.29) is 11.5 Å². The van der Waals surface area contributed by atoms with Gasteiger partial charge in [-0.1, -0.05) is 19.3 Å². The second kappa shape index (κ2) is 7.78. The summed E-state index contributed by atoms with van der Waals surface area (Å²) in [7, 11) is 0. The van der Waals surface area contributed by atoms with Gasteiger partial charge in [-0.25, -0.2) is 4.79 Å². The summed E-state index contributed by atoms with van der Waals surface area (Å²) >= 11 is 0. The molecule has 0 bridgehead atoms. The third-order valence-electron chi connectivity index (χ3n) is 3.69. The molecule has 114 valence electrons. The summed E-state index contributed by atoms with van der Waals surface area (Å²) in [5, 5.41) is 11.6. The van der Waals surface area contributed by atoms with E-state index in [0.29, 0.717) is 24.8 Å². The predicted molar refractivity (Wildman–Crippen MR) is 78.6 cm³/mol. The van der Waals surface area contributed by atoms with Crippen LogP contribution in [-0.2, 0) is 4.74 Å². The van der Waals surface area contributed by atoms with Crippen LogP contribution in [-0.4, -0.2) is 36.2 Å². The standard InChI is InChI=1S/C16H21NO4/c18-15(12-6-8-13(9-7-12)16(19)20)17-10-11-21-14-4-2-1-3-5-14/h6-9,14H,1-5,10-11H2,(H,17,18)(H,19,20). The zero-order valence-electron chi connectivity index (χ0n) is 12.0. The molecule has 0 unspecified atom stereocenters. The van der Waals surface area contributed by atoms with Gasteiger partial charge in [-0.2, -0.15) is 0 Å². The van der Waals surface area contributed by atoms with Gasteiger partial charge in [0.2, 0.25) is 0 Å². The number of aromatic carboxylic acids is 1. The van der Waals surface area contributed by atoms with E-state index >= 15 is 0 Å². The van der Waals surface area contributed by atoms with Crippen molar-refractivity contribution in [2.24, 2.45) is 0 Å². The van der Waals surface area contributed by atoms with Crippen molar-refractivity contribution in [1.82, 2.24) is 5.32 Å². The zero-order chi connectivity index (χ0) is 15.1. The number of carboxylic acid groups (broad SMARTS) is 1. The van der Waals surface area contributed by atoms with E-state index in [4.69, 9.17) is 9.84 Å². The Morgan fingerprint density at radius 1 is 1.10 bits per heavy atom. The summed E-state index contributed by atoms with van der Waals surface area (Å²) in [6.07, 6.45) is 6.32. The molecule has 1 aromatic rings. The molecule has 5 heteroatoms. The van der Waals surface area contributed by atoms with E-state index in [2.05, 4.69) is 5.32 Å². The monoisotopic (exact) mass is 291 g/mol. The molecule has 1 aliphatic rings. The minimum Gasteiger partial charge on any atom is -0.478 e. The fraction of sp³-hybridized carbons (Fsp3) is 0.500. The van der Waals surface area contributed by atoms with Crippen LogP contribution < -0.4 is 5.32 Å². The van der Waals surface area contributed by atoms with Crippen LogP contribution in [0.4, 0.5) is 0 Å². The molecule has 1 aromatic carbocycles. The quantitative estimate of drug-likeness (QED) is 0.789. The molecular formula is C16H21NO4. The molecule has 21 heavy (non-hydrogen) atoms. The molecule has 0 heterocycles. The van der Waals surface area contributed by atoms with Crippen molar-refractivity contribution in [3.63, 3.8) is 0 Å². The molecule has 2 N–H and O–H groups in total. The molecule has 1 amide bonds. The third-order valence-corrected chi connectivity index (χ3v) is 3.69. The summed E-state index contributed by atoms with van der Waals surface area (Å²) in [6, 6.07) is 5.88. The maximum Gasteiger partial charge on any atom is 0.335 e. The highest BCUT2D eigenvalue weighted by molar-refractivity contribution is 5.95. The first kappa shape index (κ1) is 15.5. The van der Waals surface area contributed by atoms with Gasteiger partial charge in [-0.15, -0.1) is 0 Å². The van der Waals surface area contributed by atoms with Crippen molar-refractivity contribution >= 4 is 11.9 Å². The molecule has 0 spiro atoms. The number of benzene rings is 1. The highest BCUT2D eigenvalue weighted by Gasteiger charge is 2.13. The first-order valence-electron chi connectivity index (χ1n) is 7.40. The van der Waals surface area contributed by atoms with Crippen molar-refractivity contribution in [2.75, 3.05) is 13.2 Å². The molecule has 0 atom stereocenters. The SMILES string of the molecule is O=C(O)c1ccc(C(=O)NCCOC2CCCCC2)cc1. The van der Waals surface area contributed by atoms with Crippen molar-refractivity contribution in [2.45, 2.75) is 38.2 Å². The average Bonchev–Trinajstić information content (AvgIpc) is 2.52. The lowest BCUT2D eigenvalue weighted by Crippen LogP contribution is -2.29. The van der Waals surface area contributed by atoms with Crippen molar-refractivity contribution in [1.29, 1.82) is 0 Å². The smallest absolute Gasteiger partial charge is 0.335 e. The van der Waals surface area contributed by atoms with Crippen LogP contribution in [0.1, 0.15) is 52.8 Å². The highest BCUT2D eigenvalue weighted by Crippen LogP contribution is 2.19. The molecular weight excluding hydrogens is 270 g/mol. The number of hydrogen-bond acceptors (Lipinski definition) is 3. The van der Waals surface area contributed by atoms with Gasteiger partial charge in [-0.05, 0) is 37.1 Å². The van der Waals surface area contributed by atoms with E-state index in [1.165, 1.54) is 43.5 Å². The van der Waals surface area contributed by atoms with Crippen LogP contribution in [0, 0.1) is 0 Å². The van der Waals surface area contributed by atoms with E-state index < -0.39 is 5.97 Å². The van der Waals surface area contributed by atoms with Crippen molar-refractivity contribution in [3.05, 3.63) is 35.4 Å². The fourth-order valence-electron chi connectivity index (χ4n) is 2.49. The first-order valence-corrected chi connectivity index (χ1v) is 7.40. The van der Waals surface area contributed by atoms with Gasteiger partial charge in [0, 0.05) is 12.1 Å². The van der Waals surface area contributed by atoms with E-state index in [1.807, 2.05) is 0 Å². The van der Waals surface area contributed by atoms with Crippen molar-refractivity contribution < 1.29 is 19.4 Å². The predicted octanol–water partition coefficient (Wildman–Crippen LogP) is 2.46. The molecule has 1 aliphatic carbocycles. The second-order valence-corrected chi connectivity index (χ2v) is 5.27. The summed E-state index contributed by atoms with van der Waals surface area (Å²) < 4.78 is 5.73. The van der Waals surface area contributed by atoms with Gasteiger partial charge >= 0.3 is 5.97 Å². The maximum atomic E-state index is 11.9. The molecule has 0 aromatic heterocycles. The van der Waals surface area contributed by atoms with Crippen LogP contribution in [0.15, 0.2) is 24.3 Å². The second-order valence-electron chi connectivity index (χ2n) is 5.27. The Labute approximate surface area is 124 Å². The molecule has 0 radical (unpaired) electrons. The minimum atomic E-state index is -0.997. The summed E-state index contributed by atoms with van der Waals surface area (Å²) in [4.78, 5) is 22.6. The largest absolute Gasteiger partial charge is 0.478 e. The zero-order valence-corrected chi connectivity index (χ0v) is 12.0. The summed E-state index contributed by atoms with van der Waals surface area (Å²) in [5.74, 6) is -1.21.